The number of hydrogen-bond donors (Lipinski definition) is 2. The number of hydrogen-bond acceptors (Lipinski definition) is 5. The fourth-order valence-electron chi connectivity index (χ4n) is 3.22. The highest BCUT2D eigenvalue weighted by Gasteiger charge is 2.33. The molecule has 2 aliphatic heterocycles. The number of carbonyl (C=O) groups is 2. The third-order valence-electron chi connectivity index (χ3n) is 5.22. The second-order valence-corrected chi connectivity index (χ2v) is 7.18. The quantitative estimate of drug-likeness (QED) is 0.822. The number of nitrogens with one attached hydrogen (secondary N) is 1. The van der Waals surface area contributed by atoms with Crippen LogP contribution in [-0.4, -0.2) is 41.3 Å². The number of aromatic amines is 1. The molecule has 3 heterocycles. The summed E-state index contributed by atoms with van der Waals surface area (Å²) in [6.07, 6.45) is 2.04. The van der Waals surface area contributed by atoms with Gasteiger partial charge >= 0.3 is 0 Å². The van der Waals surface area contributed by atoms with Crippen LogP contribution < -0.4 is 15.4 Å². The van der Waals surface area contributed by atoms with Gasteiger partial charge in [-0.1, -0.05) is 19.1 Å². The van der Waals surface area contributed by atoms with Crippen molar-refractivity contribution in [3.63, 3.8) is 0 Å². The minimum absolute atomic E-state index is 0.102. The molecule has 1 aromatic heterocycles. The first-order valence-electron chi connectivity index (χ1n) is 9.33. The van der Waals surface area contributed by atoms with Crippen molar-refractivity contribution in [1.82, 2.24) is 10.2 Å². The summed E-state index contributed by atoms with van der Waals surface area (Å²) >= 11 is 0. The van der Waals surface area contributed by atoms with Gasteiger partial charge in [-0.15, -0.1) is 0 Å². The lowest BCUT2D eigenvalue weighted by Crippen LogP contribution is -2.35. The average Bonchev–Trinajstić information content (AvgIpc) is 3.05. The van der Waals surface area contributed by atoms with E-state index < -0.39 is 5.91 Å². The van der Waals surface area contributed by atoms with Crippen LogP contribution >= 0.6 is 0 Å². The van der Waals surface area contributed by atoms with Crippen LogP contribution in [-0.2, 0) is 22.6 Å². The highest BCUT2D eigenvalue weighted by atomic mass is 16.5. The molecule has 2 amide bonds. The molecule has 0 bridgehead atoms. The van der Waals surface area contributed by atoms with E-state index in [0.717, 1.165) is 29.1 Å². The zero-order valence-corrected chi connectivity index (χ0v) is 16.4. The Morgan fingerprint density at radius 2 is 2.14 bits per heavy atom. The Hall–Kier alpha value is -2.87. The van der Waals surface area contributed by atoms with E-state index in [1.54, 1.807) is 11.9 Å². The Morgan fingerprint density at radius 1 is 1.39 bits per heavy atom. The van der Waals surface area contributed by atoms with E-state index in [1.165, 1.54) is 0 Å². The van der Waals surface area contributed by atoms with Crippen LogP contribution in [0.15, 0.2) is 24.3 Å². The Balaban J connectivity index is 0.000000162. The maximum Gasteiger partial charge on any atom is 0.269 e. The molecule has 3 N–H and O–H groups in total. The molecule has 0 fully saturated rings. The number of amides is 2. The standard InChI is InChI=1S/C10H15N3O2.C10H11NO2/c1-3-10(2)4-6-7(5-15-10)12-13-8(6)9(11)14;1-11-8-4-2-3-5-9(8)13-7-6-10(11)12/h3-5H2,1-2H3,(H2,11,14)(H,12,13);2-5H,6-7H2,1H3. The van der Waals surface area contributed by atoms with Crippen LogP contribution in [0.1, 0.15) is 48.4 Å². The van der Waals surface area contributed by atoms with E-state index in [0.29, 0.717) is 31.7 Å². The van der Waals surface area contributed by atoms with Gasteiger partial charge in [0.05, 0.1) is 36.6 Å². The van der Waals surface area contributed by atoms with Crippen molar-refractivity contribution in [2.75, 3.05) is 18.6 Å². The van der Waals surface area contributed by atoms with Gasteiger partial charge in [0, 0.05) is 19.0 Å². The van der Waals surface area contributed by atoms with Crippen molar-refractivity contribution in [2.24, 2.45) is 5.73 Å². The number of ether oxygens (including phenoxy) is 2. The summed E-state index contributed by atoms with van der Waals surface area (Å²) in [6, 6.07) is 7.57. The van der Waals surface area contributed by atoms with Crippen LogP contribution in [0, 0.1) is 0 Å². The molecule has 0 radical (unpaired) electrons. The van der Waals surface area contributed by atoms with E-state index in [2.05, 4.69) is 17.1 Å². The molecule has 8 nitrogen and oxygen atoms in total. The minimum atomic E-state index is -0.479. The predicted octanol–water partition coefficient (Wildman–Crippen LogP) is 2.18. The zero-order chi connectivity index (χ0) is 20.3. The number of carbonyl (C=O) groups excluding carboxylic acids is 2. The van der Waals surface area contributed by atoms with Crippen molar-refractivity contribution >= 4 is 17.5 Å². The van der Waals surface area contributed by atoms with Crippen molar-refractivity contribution in [2.45, 2.75) is 45.3 Å². The van der Waals surface area contributed by atoms with Crippen LogP contribution in [0.4, 0.5) is 5.69 Å². The highest BCUT2D eigenvalue weighted by Crippen LogP contribution is 2.31. The second-order valence-electron chi connectivity index (χ2n) is 7.18. The van der Waals surface area contributed by atoms with Gasteiger partial charge in [0.25, 0.3) is 5.91 Å². The summed E-state index contributed by atoms with van der Waals surface area (Å²) in [7, 11) is 1.77. The van der Waals surface area contributed by atoms with Crippen LogP contribution in [0.3, 0.4) is 0 Å². The number of benzene rings is 1. The molecule has 150 valence electrons. The maximum atomic E-state index is 11.4. The van der Waals surface area contributed by atoms with Crippen LogP contribution in [0.5, 0.6) is 5.75 Å². The molecule has 0 aliphatic carbocycles. The average molecular weight is 386 g/mol. The molecule has 0 saturated carbocycles. The first-order valence-corrected chi connectivity index (χ1v) is 9.33. The van der Waals surface area contributed by atoms with Gasteiger partial charge in [-0.05, 0) is 25.5 Å². The lowest BCUT2D eigenvalue weighted by molar-refractivity contribution is -0.118. The van der Waals surface area contributed by atoms with Gasteiger partial charge in [0.1, 0.15) is 5.75 Å². The van der Waals surface area contributed by atoms with Gasteiger partial charge in [-0.3, -0.25) is 14.7 Å². The zero-order valence-electron chi connectivity index (χ0n) is 16.4. The van der Waals surface area contributed by atoms with Crippen LogP contribution in [0.2, 0.25) is 0 Å². The number of rotatable bonds is 2. The number of aromatic nitrogens is 2. The molecule has 4 rings (SSSR count). The highest BCUT2D eigenvalue weighted by molar-refractivity contribution is 5.95. The third kappa shape index (κ3) is 4.01. The molecule has 1 atom stereocenters. The third-order valence-corrected chi connectivity index (χ3v) is 5.22. The number of fused-ring (bicyclic) bond motifs is 2. The van der Waals surface area contributed by atoms with Crippen molar-refractivity contribution < 1.29 is 19.1 Å². The van der Waals surface area contributed by atoms with Crippen molar-refractivity contribution in [3.8, 4) is 5.75 Å². The summed E-state index contributed by atoms with van der Waals surface area (Å²) in [6.45, 7) is 5.04. The lowest BCUT2D eigenvalue weighted by Gasteiger charge is -2.32. The van der Waals surface area contributed by atoms with E-state index >= 15 is 0 Å². The summed E-state index contributed by atoms with van der Waals surface area (Å²) in [4.78, 5) is 24.2. The first-order chi connectivity index (χ1) is 13.3. The monoisotopic (exact) mass is 386 g/mol. The Bertz CT molecular complexity index is 879. The Kier molecular flexibility index (Phi) is 5.69. The predicted molar refractivity (Wildman–Crippen MR) is 104 cm³/mol. The number of para-hydroxylation sites is 2. The lowest BCUT2D eigenvalue weighted by atomic mass is 9.90. The molecule has 1 aromatic carbocycles. The molecular weight excluding hydrogens is 360 g/mol. The number of nitrogens with zero attached hydrogens (tertiary/aromatic N) is 2. The Labute approximate surface area is 164 Å². The van der Waals surface area contributed by atoms with E-state index in [9.17, 15) is 9.59 Å². The number of anilines is 1. The molecule has 1 unspecified atom stereocenters. The molecule has 0 saturated heterocycles. The molecule has 2 aliphatic rings. The smallest absolute Gasteiger partial charge is 0.269 e. The first kappa shape index (κ1) is 19.9. The summed E-state index contributed by atoms with van der Waals surface area (Å²) < 4.78 is 11.1. The molecule has 8 heteroatoms. The number of primary amides is 1. The van der Waals surface area contributed by atoms with Crippen LogP contribution in [0.25, 0.3) is 0 Å². The molecule has 2 aromatic rings. The van der Waals surface area contributed by atoms with Gasteiger partial charge in [-0.2, -0.15) is 5.10 Å². The minimum Gasteiger partial charge on any atom is -0.491 e. The van der Waals surface area contributed by atoms with E-state index in [-0.39, 0.29) is 11.5 Å². The SMILES string of the molecule is CCC1(C)Cc2c(C(N)=O)n[nH]c2CO1.CN1C(=O)CCOc2ccccc21. The van der Waals surface area contributed by atoms with E-state index in [4.69, 9.17) is 15.2 Å². The van der Waals surface area contributed by atoms with Crippen molar-refractivity contribution in [3.05, 3.63) is 41.2 Å². The number of nitrogens with two attached hydrogens (primary N) is 1. The summed E-state index contributed by atoms with van der Waals surface area (Å²) in [5.74, 6) is 0.411. The van der Waals surface area contributed by atoms with Gasteiger partial charge < -0.3 is 20.1 Å². The fraction of sp³-hybridized carbons (Fsp3) is 0.450. The van der Waals surface area contributed by atoms with Gasteiger partial charge in [-0.25, -0.2) is 0 Å². The summed E-state index contributed by atoms with van der Waals surface area (Å²) in [5.41, 5.74) is 8.03. The molecular formula is C20H26N4O4. The molecule has 28 heavy (non-hydrogen) atoms. The fourth-order valence-corrected chi connectivity index (χ4v) is 3.22. The second kappa shape index (κ2) is 8.02. The van der Waals surface area contributed by atoms with E-state index in [1.807, 2.05) is 31.2 Å². The van der Waals surface area contributed by atoms with Gasteiger partial charge in [0.15, 0.2) is 5.69 Å². The molecule has 0 spiro atoms. The van der Waals surface area contributed by atoms with Gasteiger partial charge in [0.2, 0.25) is 5.91 Å². The number of H-pyrrole nitrogens is 1. The normalized spacial score (nSPS) is 20.8. The largest absolute Gasteiger partial charge is 0.491 e. The van der Waals surface area contributed by atoms with Crippen molar-refractivity contribution in [1.29, 1.82) is 0 Å². The Morgan fingerprint density at radius 3 is 2.86 bits per heavy atom. The maximum absolute atomic E-state index is 11.4. The summed E-state index contributed by atoms with van der Waals surface area (Å²) in [5, 5.41) is 6.71. The topological polar surface area (TPSA) is 111 Å².